The second-order valence-electron chi connectivity index (χ2n) is 3.63. The summed E-state index contributed by atoms with van der Waals surface area (Å²) in [5.41, 5.74) is 0. The Kier molecular flexibility index (Phi) is 6.57. The van der Waals surface area contributed by atoms with Crippen molar-refractivity contribution in [2.45, 2.75) is 26.3 Å². The summed E-state index contributed by atoms with van der Waals surface area (Å²) >= 11 is 0. The Morgan fingerprint density at radius 1 is 1.11 bits per heavy atom. The predicted molar refractivity (Wildman–Crippen MR) is 54.1 cm³/mol. The van der Waals surface area contributed by atoms with Crippen molar-refractivity contribution in [1.82, 2.24) is 4.57 Å². The van der Waals surface area contributed by atoms with Crippen LogP contribution >= 0.6 is 7.81 Å². The fourth-order valence-corrected chi connectivity index (χ4v) is 0.975. The van der Waals surface area contributed by atoms with Crippen LogP contribution in [0.2, 0.25) is 0 Å². The van der Waals surface area contributed by atoms with Gasteiger partial charge in [-0.1, -0.05) is 13.3 Å². The quantitative estimate of drug-likeness (QED) is 0.329. The minimum atomic E-state index is -10.7. The topological polar surface area (TPSA) is 8.81 Å². The van der Waals surface area contributed by atoms with Crippen molar-refractivity contribution in [3.63, 3.8) is 0 Å². The van der Waals surface area contributed by atoms with Crippen molar-refractivity contribution in [3.8, 4) is 0 Å². The molecule has 1 rings (SSSR count). The van der Waals surface area contributed by atoms with Crippen LogP contribution in [0.25, 0.3) is 0 Å². The number of aryl methyl sites for hydroxylation is 2. The normalized spacial score (nSPS) is 14.7. The second kappa shape index (κ2) is 5.87. The Bertz CT molecular complexity index is 348. The van der Waals surface area contributed by atoms with Gasteiger partial charge in [0.25, 0.3) is 0 Å². The number of nitrogens with zero attached hydrogens (tertiary/aromatic N) is 2. The van der Waals surface area contributed by atoms with E-state index in [0.717, 1.165) is 6.54 Å². The van der Waals surface area contributed by atoms with Gasteiger partial charge >= 0.3 is 33.0 Å². The molecule has 0 aliphatic rings. The van der Waals surface area contributed by atoms with Crippen LogP contribution < -0.4 is 4.57 Å². The Labute approximate surface area is 114 Å². The van der Waals surface area contributed by atoms with Gasteiger partial charge in [0.1, 0.15) is 12.4 Å². The first kappa shape index (κ1) is 20.2. The monoisotopic (exact) mass is 348 g/mol. The molecule has 1 heterocycles. The van der Waals surface area contributed by atoms with E-state index in [1.807, 2.05) is 7.05 Å². The first-order valence-electron chi connectivity index (χ1n) is 4.85. The van der Waals surface area contributed by atoms with Crippen molar-refractivity contribution in [2.24, 2.45) is 7.05 Å². The minimum absolute atomic E-state index is 0. The Hall–Kier alpha value is -0.157. The largest absolute Gasteiger partial charge is 0 e. The van der Waals surface area contributed by atoms with Crippen molar-refractivity contribution in [3.05, 3.63) is 18.7 Å². The van der Waals surface area contributed by atoms with Gasteiger partial charge in [-0.3, -0.25) is 0 Å². The number of imidazole rings is 1. The van der Waals surface area contributed by atoms with Gasteiger partial charge in [0.2, 0.25) is 6.33 Å². The fourth-order valence-electron chi connectivity index (χ4n) is 0.975. The maximum Gasteiger partial charge on any atom is 0 e. The molecule has 0 amide bonds. The summed E-state index contributed by atoms with van der Waals surface area (Å²) in [6.07, 6.45) is 8.82. The molecule has 0 atom stereocenters. The van der Waals surface area contributed by atoms with E-state index < -0.39 is 7.81 Å². The summed E-state index contributed by atoms with van der Waals surface area (Å²) in [4.78, 5) is 0. The van der Waals surface area contributed by atoms with Gasteiger partial charge in [-0.05, 0) is 6.42 Å². The molecule has 0 unspecified atom stereocenters. The molecule has 0 aliphatic heterocycles. The molecule has 0 radical (unpaired) electrons. The Balaban J connectivity index is 0. The Morgan fingerprint density at radius 3 is 1.83 bits per heavy atom. The zero-order valence-electron chi connectivity index (χ0n) is 10.2. The standard InChI is InChI=1S/C8H15N2.F6P.Zn/c1-3-4-5-10-7-6-9(2)8-10;1-7(2,3,4,5)6;/h6-8H,3-5H2,1-2H3;;/q+1;-1;. The molecular weight excluding hydrogens is 334 g/mol. The van der Waals surface area contributed by atoms with Crippen LogP contribution in [0, 0.1) is 0 Å². The average Bonchev–Trinajstić information content (AvgIpc) is 2.42. The van der Waals surface area contributed by atoms with Gasteiger partial charge in [0.05, 0.1) is 13.6 Å². The molecule has 0 aromatic carbocycles. The molecule has 0 aliphatic carbocycles. The summed E-state index contributed by atoms with van der Waals surface area (Å²) in [7, 11) is -8.61. The first-order valence-corrected chi connectivity index (χ1v) is 6.88. The van der Waals surface area contributed by atoms with Crippen molar-refractivity contribution < 1.29 is 49.2 Å². The number of hydrogen-bond acceptors (Lipinski definition) is 0. The average molecular weight is 350 g/mol. The zero-order valence-corrected chi connectivity index (χ0v) is 14.0. The molecule has 10 heteroatoms. The van der Waals surface area contributed by atoms with Crippen LogP contribution in [0.1, 0.15) is 19.8 Å². The summed E-state index contributed by atoms with van der Waals surface area (Å²) in [5.74, 6) is 0. The van der Waals surface area contributed by atoms with Gasteiger partial charge in [-0.2, -0.15) is 0 Å². The number of rotatable bonds is 3. The molecule has 0 saturated carbocycles. The third kappa shape index (κ3) is 21.2. The molecular formula is C8H15F6N2PZn. The van der Waals surface area contributed by atoms with E-state index >= 15 is 0 Å². The summed E-state index contributed by atoms with van der Waals surface area (Å²) < 4.78 is 63.5. The number of aromatic nitrogens is 2. The first-order chi connectivity index (χ1) is 7.28. The number of unbranched alkanes of at least 4 members (excludes halogenated alkanes) is 1. The van der Waals surface area contributed by atoms with E-state index in [-0.39, 0.29) is 19.5 Å². The Morgan fingerprint density at radius 2 is 1.56 bits per heavy atom. The number of halogens is 6. The predicted octanol–water partition coefficient (Wildman–Crippen LogP) is 4.49. The third-order valence-corrected chi connectivity index (χ3v) is 1.59. The van der Waals surface area contributed by atoms with Crippen LogP contribution in [-0.4, -0.2) is 4.57 Å². The minimum Gasteiger partial charge on any atom is 0 e. The molecule has 0 spiro atoms. The summed E-state index contributed by atoms with van der Waals surface area (Å²) in [6.45, 7) is 3.36. The smallest absolute Gasteiger partial charge is 0 e. The van der Waals surface area contributed by atoms with Crippen molar-refractivity contribution in [1.29, 1.82) is 0 Å². The maximum absolute atomic E-state index is 10.7. The van der Waals surface area contributed by atoms with E-state index in [2.05, 4.69) is 34.8 Å². The third-order valence-electron chi connectivity index (χ3n) is 1.59. The fraction of sp³-hybridized carbons (Fsp3) is 0.625. The maximum atomic E-state index is 9.87. The zero-order chi connectivity index (χ0) is 13.8. The van der Waals surface area contributed by atoms with Gasteiger partial charge in [-0.25, -0.2) is 9.13 Å². The molecule has 1 aromatic rings. The van der Waals surface area contributed by atoms with E-state index in [4.69, 9.17) is 0 Å². The summed E-state index contributed by atoms with van der Waals surface area (Å²) in [5, 5.41) is 0. The number of hydrogen-bond donors (Lipinski definition) is 0. The molecule has 0 bridgehead atoms. The van der Waals surface area contributed by atoms with Gasteiger partial charge in [0.15, 0.2) is 0 Å². The molecule has 1 aromatic heterocycles. The van der Waals surface area contributed by atoms with Crippen LogP contribution in [0.5, 0.6) is 0 Å². The van der Waals surface area contributed by atoms with Crippen molar-refractivity contribution >= 4 is 7.81 Å². The molecule has 0 N–H and O–H groups in total. The van der Waals surface area contributed by atoms with Crippen LogP contribution in [0.15, 0.2) is 18.7 Å². The van der Waals surface area contributed by atoms with E-state index in [1.54, 1.807) is 0 Å². The van der Waals surface area contributed by atoms with Crippen LogP contribution in [0.4, 0.5) is 25.2 Å². The van der Waals surface area contributed by atoms with Crippen LogP contribution in [0.3, 0.4) is 0 Å². The van der Waals surface area contributed by atoms with Gasteiger partial charge < -0.3 is 0 Å². The SMILES string of the molecule is CCCCn1cc[n+](C)c1.F[P-](F)(F)(F)(F)F.[Zn]. The van der Waals surface area contributed by atoms with E-state index in [1.165, 1.54) is 12.8 Å². The van der Waals surface area contributed by atoms with Gasteiger partial charge in [-0.15, -0.1) is 0 Å². The molecule has 18 heavy (non-hydrogen) atoms. The van der Waals surface area contributed by atoms with Crippen LogP contribution in [-0.2, 0) is 33.1 Å². The van der Waals surface area contributed by atoms with E-state index in [9.17, 15) is 25.2 Å². The van der Waals surface area contributed by atoms with E-state index in [0.29, 0.717) is 0 Å². The van der Waals surface area contributed by atoms with Gasteiger partial charge in [0, 0.05) is 19.5 Å². The molecule has 0 fully saturated rings. The molecule has 106 valence electrons. The molecule has 0 saturated heterocycles. The van der Waals surface area contributed by atoms with Crippen molar-refractivity contribution in [2.75, 3.05) is 0 Å². The summed E-state index contributed by atoms with van der Waals surface area (Å²) in [6, 6.07) is 0. The molecule has 2 nitrogen and oxygen atoms in total. The second-order valence-corrected chi connectivity index (χ2v) is 5.55.